The maximum Gasteiger partial charge on any atom is 0.269 e. The number of aromatic nitrogens is 2. The molecule has 2 aromatic carbocycles. The van der Waals surface area contributed by atoms with Gasteiger partial charge in [0.1, 0.15) is 11.6 Å². The predicted octanol–water partition coefficient (Wildman–Crippen LogP) is 3.54. The van der Waals surface area contributed by atoms with Crippen molar-refractivity contribution in [3.05, 3.63) is 64.0 Å². The lowest BCUT2D eigenvalue weighted by atomic mass is 10.1. The van der Waals surface area contributed by atoms with Crippen LogP contribution in [0, 0.1) is 17.0 Å². The van der Waals surface area contributed by atoms with Crippen molar-refractivity contribution in [2.45, 2.75) is 13.3 Å². The number of benzene rings is 2. The molecular formula is C17H14N4O2. The Morgan fingerprint density at radius 1 is 1.17 bits per heavy atom. The summed E-state index contributed by atoms with van der Waals surface area (Å²) >= 11 is 0. The first-order valence-electron chi connectivity index (χ1n) is 7.42. The van der Waals surface area contributed by atoms with Gasteiger partial charge in [-0.25, -0.2) is 9.97 Å². The molecule has 0 saturated heterocycles. The number of rotatable bonds is 2. The maximum atomic E-state index is 10.9. The summed E-state index contributed by atoms with van der Waals surface area (Å²) in [7, 11) is 0. The molecule has 6 nitrogen and oxygen atoms in total. The number of fused-ring (bicyclic) bond motifs is 2. The van der Waals surface area contributed by atoms with Crippen LogP contribution in [0.1, 0.15) is 11.4 Å². The summed E-state index contributed by atoms with van der Waals surface area (Å²) in [6.45, 7) is 2.64. The van der Waals surface area contributed by atoms with Crippen LogP contribution in [-0.4, -0.2) is 21.4 Å². The Morgan fingerprint density at radius 3 is 2.83 bits per heavy atom. The summed E-state index contributed by atoms with van der Waals surface area (Å²) in [5.74, 6) is 1.58. The van der Waals surface area contributed by atoms with Gasteiger partial charge in [0, 0.05) is 29.8 Å². The molecule has 3 aromatic rings. The average Bonchev–Trinajstić information content (AvgIpc) is 2.96. The Labute approximate surface area is 132 Å². The van der Waals surface area contributed by atoms with Gasteiger partial charge >= 0.3 is 0 Å². The van der Waals surface area contributed by atoms with E-state index in [9.17, 15) is 10.1 Å². The summed E-state index contributed by atoms with van der Waals surface area (Å²) < 4.78 is 0. The smallest absolute Gasteiger partial charge is 0.269 e. The molecule has 23 heavy (non-hydrogen) atoms. The van der Waals surface area contributed by atoms with Crippen molar-refractivity contribution in [3.8, 4) is 0 Å². The maximum absolute atomic E-state index is 10.9. The highest BCUT2D eigenvalue weighted by Gasteiger charge is 2.25. The second-order valence-corrected chi connectivity index (χ2v) is 5.58. The van der Waals surface area contributed by atoms with Crippen LogP contribution in [0.25, 0.3) is 10.9 Å². The Hall–Kier alpha value is -3.02. The van der Waals surface area contributed by atoms with E-state index in [0.717, 1.165) is 40.9 Å². The normalized spacial score (nSPS) is 13.3. The molecule has 0 unspecified atom stereocenters. The third kappa shape index (κ3) is 2.19. The third-order valence-electron chi connectivity index (χ3n) is 4.12. The van der Waals surface area contributed by atoms with E-state index in [2.05, 4.69) is 14.9 Å². The standard InChI is InChI=1S/C17H14N4O2/c1-11-18-15-5-3-2-4-14(15)17(19-11)20-9-8-12-10-13(21(22)23)6-7-16(12)20/h2-7,10H,8-9H2,1H3. The van der Waals surface area contributed by atoms with Gasteiger partial charge in [-0.1, -0.05) is 12.1 Å². The fourth-order valence-corrected chi connectivity index (χ4v) is 3.10. The van der Waals surface area contributed by atoms with Crippen LogP contribution in [0.5, 0.6) is 0 Å². The number of nitro benzene ring substituents is 1. The van der Waals surface area contributed by atoms with Gasteiger partial charge in [0.05, 0.1) is 10.4 Å². The van der Waals surface area contributed by atoms with Crippen molar-refractivity contribution in [3.63, 3.8) is 0 Å². The quantitative estimate of drug-likeness (QED) is 0.535. The van der Waals surface area contributed by atoms with Crippen molar-refractivity contribution in [2.24, 2.45) is 0 Å². The molecule has 0 saturated carbocycles. The molecule has 4 rings (SSSR count). The van der Waals surface area contributed by atoms with Crippen LogP contribution >= 0.6 is 0 Å². The lowest BCUT2D eigenvalue weighted by molar-refractivity contribution is -0.384. The van der Waals surface area contributed by atoms with Gasteiger partial charge in [0.25, 0.3) is 5.69 Å². The summed E-state index contributed by atoms with van der Waals surface area (Å²) in [6, 6.07) is 12.9. The highest BCUT2D eigenvalue weighted by atomic mass is 16.6. The van der Waals surface area contributed by atoms with E-state index in [-0.39, 0.29) is 10.6 Å². The molecule has 6 heteroatoms. The molecule has 114 valence electrons. The van der Waals surface area contributed by atoms with E-state index in [0.29, 0.717) is 5.82 Å². The van der Waals surface area contributed by atoms with Crippen molar-refractivity contribution in [1.82, 2.24) is 9.97 Å². The topological polar surface area (TPSA) is 72.2 Å². The minimum Gasteiger partial charge on any atom is -0.325 e. The highest BCUT2D eigenvalue weighted by Crippen LogP contribution is 2.38. The zero-order valence-electron chi connectivity index (χ0n) is 12.6. The van der Waals surface area contributed by atoms with E-state index in [1.807, 2.05) is 37.3 Å². The monoisotopic (exact) mass is 306 g/mol. The van der Waals surface area contributed by atoms with Crippen molar-refractivity contribution >= 4 is 28.1 Å². The number of non-ortho nitro benzene ring substituents is 1. The molecular weight excluding hydrogens is 292 g/mol. The number of nitrogens with zero attached hydrogens (tertiary/aromatic N) is 4. The molecule has 0 amide bonds. The molecule has 0 spiro atoms. The Balaban J connectivity index is 1.87. The van der Waals surface area contributed by atoms with Gasteiger partial charge < -0.3 is 4.90 Å². The first-order valence-corrected chi connectivity index (χ1v) is 7.42. The minimum absolute atomic E-state index is 0.134. The van der Waals surface area contributed by atoms with Gasteiger partial charge in [-0.15, -0.1) is 0 Å². The summed E-state index contributed by atoms with van der Waals surface area (Å²) in [5, 5.41) is 11.9. The second kappa shape index (κ2) is 5.01. The molecule has 1 aromatic heterocycles. The molecule has 1 aliphatic rings. The van der Waals surface area contributed by atoms with Gasteiger partial charge in [-0.2, -0.15) is 0 Å². The van der Waals surface area contributed by atoms with E-state index in [1.165, 1.54) is 0 Å². The van der Waals surface area contributed by atoms with Crippen molar-refractivity contribution in [1.29, 1.82) is 0 Å². The number of nitro groups is 1. The largest absolute Gasteiger partial charge is 0.325 e. The predicted molar refractivity (Wildman–Crippen MR) is 88.1 cm³/mol. The first-order chi connectivity index (χ1) is 11.1. The fraction of sp³-hybridized carbons (Fsp3) is 0.176. The Bertz CT molecular complexity index is 939. The fourth-order valence-electron chi connectivity index (χ4n) is 3.10. The van der Waals surface area contributed by atoms with Crippen LogP contribution in [0.3, 0.4) is 0 Å². The van der Waals surface area contributed by atoms with Crippen LogP contribution < -0.4 is 4.90 Å². The van der Waals surface area contributed by atoms with Crippen LogP contribution in [0.2, 0.25) is 0 Å². The van der Waals surface area contributed by atoms with Gasteiger partial charge in [-0.05, 0) is 37.1 Å². The van der Waals surface area contributed by atoms with E-state index in [1.54, 1.807) is 12.1 Å². The average molecular weight is 306 g/mol. The number of para-hydroxylation sites is 1. The Morgan fingerprint density at radius 2 is 2.00 bits per heavy atom. The number of anilines is 2. The lowest BCUT2D eigenvalue weighted by Gasteiger charge is -2.20. The zero-order chi connectivity index (χ0) is 16.0. The minimum atomic E-state index is -0.354. The molecule has 0 fully saturated rings. The summed E-state index contributed by atoms with van der Waals surface area (Å²) in [4.78, 5) is 21.8. The SMILES string of the molecule is Cc1nc(N2CCc3cc([N+](=O)[O-])ccc32)c2ccccc2n1. The van der Waals surface area contributed by atoms with Gasteiger partial charge in [-0.3, -0.25) is 10.1 Å². The summed E-state index contributed by atoms with van der Waals surface area (Å²) in [5.41, 5.74) is 3.01. The molecule has 0 bridgehead atoms. The van der Waals surface area contributed by atoms with Gasteiger partial charge in [0.15, 0.2) is 0 Å². The number of aryl methyl sites for hydroxylation is 1. The van der Waals surface area contributed by atoms with Crippen molar-refractivity contribution < 1.29 is 4.92 Å². The molecule has 0 radical (unpaired) electrons. The molecule has 2 heterocycles. The van der Waals surface area contributed by atoms with Gasteiger partial charge in [0.2, 0.25) is 0 Å². The van der Waals surface area contributed by atoms with E-state index >= 15 is 0 Å². The van der Waals surface area contributed by atoms with E-state index < -0.39 is 0 Å². The lowest BCUT2D eigenvalue weighted by Crippen LogP contribution is -2.16. The molecule has 0 atom stereocenters. The second-order valence-electron chi connectivity index (χ2n) is 5.58. The molecule has 0 N–H and O–H groups in total. The van der Waals surface area contributed by atoms with Crippen LogP contribution in [-0.2, 0) is 6.42 Å². The molecule has 1 aliphatic heterocycles. The first kappa shape index (κ1) is 13.6. The van der Waals surface area contributed by atoms with Crippen LogP contribution in [0.4, 0.5) is 17.2 Å². The number of hydrogen-bond acceptors (Lipinski definition) is 5. The Kier molecular flexibility index (Phi) is 2.97. The molecule has 0 aliphatic carbocycles. The summed E-state index contributed by atoms with van der Waals surface area (Å²) in [6.07, 6.45) is 0.772. The zero-order valence-corrected chi connectivity index (χ0v) is 12.6. The third-order valence-corrected chi connectivity index (χ3v) is 4.12. The van der Waals surface area contributed by atoms with Crippen LogP contribution in [0.15, 0.2) is 42.5 Å². The van der Waals surface area contributed by atoms with E-state index in [4.69, 9.17) is 0 Å². The number of hydrogen-bond donors (Lipinski definition) is 0. The highest BCUT2D eigenvalue weighted by molar-refractivity contribution is 5.92. The van der Waals surface area contributed by atoms with Crippen molar-refractivity contribution in [2.75, 3.05) is 11.4 Å².